The lowest BCUT2D eigenvalue weighted by molar-refractivity contribution is -0.149. The summed E-state index contributed by atoms with van der Waals surface area (Å²) in [5.41, 5.74) is 1.14. The third-order valence-corrected chi connectivity index (χ3v) is 4.66. The van der Waals surface area contributed by atoms with Crippen molar-refractivity contribution in [3.8, 4) is 5.75 Å². The van der Waals surface area contributed by atoms with E-state index in [2.05, 4.69) is 27.3 Å². The van der Waals surface area contributed by atoms with E-state index in [1.807, 2.05) is 19.1 Å². The number of halogens is 1. The van der Waals surface area contributed by atoms with Gasteiger partial charge in [0, 0.05) is 22.6 Å². The van der Waals surface area contributed by atoms with E-state index in [-0.39, 0.29) is 11.9 Å². The van der Waals surface area contributed by atoms with Crippen LogP contribution in [-0.4, -0.2) is 25.7 Å². The molecule has 0 aliphatic heterocycles. The van der Waals surface area contributed by atoms with Crippen LogP contribution in [0.5, 0.6) is 5.75 Å². The molecule has 0 heterocycles. The number of carbonyl (C=O) groups excluding carboxylic acids is 1. The zero-order valence-electron chi connectivity index (χ0n) is 13.2. The third kappa shape index (κ3) is 4.71. The molecule has 0 spiro atoms. The summed E-state index contributed by atoms with van der Waals surface area (Å²) in [6, 6.07) is 6.48. The fourth-order valence-corrected chi connectivity index (χ4v) is 3.34. The molecule has 0 saturated heterocycles. The first kappa shape index (κ1) is 17.3. The van der Waals surface area contributed by atoms with Crippen LogP contribution >= 0.6 is 15.9 Å². The Morgan fingerprint density at radius 1 is 1.32 bits per heavy atom. The van der Waals surface area contributed by atoms with Crippen molar-refractivity contribution in [1.29, 1.82) is 0 Å². The van der Waals surface area contributed by atoms with E-state index >= 15 is 0 Å². The topological polar surface area (TPSA) is 47.6 Å². The van der Waals surface area contributed by atoms with Crippen molar-refractivity contribution in [3.05, 3.63) is 28.2 Å². The predicted molar refractivity (Wildman–Crippen MR) is 89.9 cm³/mol. The van der Waals surface area contributed by atoms with Crippen molar-refractivity contribution >= 4 is 21.9 Å². The minimum Gasteiger partial charge on any atom is -0.496 e. The fourth-order valence-electron chi connectivity index (χ4n) is 2.93. The number of rotatable bonds is 6. The van der Waals surface area contributed by atoms with Crippen LogP contribution in [-0.2, 0) is 16.1 Å². The van der Waals surface area contributed by atoms with Gasteiger partial charge in [-0.15, -0.1) is 0 Å². The van der Waals surface area contributed by atoms with Crippen molar-refractivity contribution in [2.45, 2.75) is 45.2 Å². The lowest BCUT2D eigenvalue weighted by atomic mass is 9.86. The van der Waals surface area contributed by atoms with Gasteiger partial charge in [-0.2, -0.15) is 0 Å². The standard InChI is InChI=1S/C17H24BrNO3/c1-3-22-17(20)12-4-7-15(8-5-12)19-11-13-10-14(18)6-9-16(13)21-2/h6,9-10,12,15,19H,3-5,7-8,11H2,1-2H3. The van der Waals surface area contributed by atoms with E-state index in [1.165, 1.54) is 0 Å². The Bertz CT molecular complexity index is 499. The average Bonchev–Trinajstić information content (AvgIpc) is 2.54. The van der Waals surface area contributed by atoms with Crippen molar-refractivity contribution in [2.24, 2.45) is 5.92 Å². The first-order valence-corrected chi connectivity index (χ1v) is 8.65. The van der Waals surface area contributed by atoms with Crippen molar-refractivity contribution in [2.75, 3.05) is 13.7 Å². The molecule has 0 radical (unpaired) electrons. The zero-order valence-corrected chi connectivity index (χ0v) is 14.8. The molecule has 1 aliphatic rings. The van der Waals surface area contributed by atoms with Gasteiger partial charge in [0.2, 0.25) is 0 Å². The van der Waals surface area contributed by atoms with E-state index in [9.17, 15) is 4.79 Å². The van der Waals surface area contributed by atoms with Gasteiger partial charge < -0.3 is 14.8 Å². The summed E-state index contributed by atoms with van der Waals surface area (Å²) in [6.45, 7) is 3.10. The minimum absolute atomic E-state index is 0.0328. The maximum atomic E-state index is 11.7. The van der Waals surface area contributed by atoms with Gasteiger partial charge in [0.05, 0.1) is 19.6 Å². The number of esters is 1. The normalized spacial score (nSPS) is 21.4. The highest BCUT2D eigenvalue weighted by molar-refractivity contribution is 9.10. The monoisotopic (exact) mass is 369 g/mol. The van der Waals surface area contributed by atoms with E-state index < -0.39 is 0 Å². The molecule has 1 saturated carbocycles. The Morgan fingerprint density at radius 3 is 2.68 bits per heavy atom. The molecule has 22 heavy (non-hydrogen) atoms. The number of carbonyl (C=O) groups is 1. The van der Waals surface area contributed by atoms with Gasteiger partial charge in [-0.1, -0.05) is 15.9 Å². The van der Waals surface area contributed by atoms with E-state index in [0.29, 0.717) is 12.6 Å². The molecule has 0 atom stereocenters. The van der Waals surface area contributed by atoms with Crippen LogP contribution in [0.3, 0.4) is 0 Å². The smallest absolute Gasteiger partial charge is 0.308 e. The second kappa shape index (κ2) is 8.53. The van der Waals surface area contributed by atoms with E-state index in [4.69, 9.17) is 9.47 Å². The van der Waals surface area contributed by atoms with Gasteiger partial charge >= 0.3 is 5.97 Å². The summed E-state index contributed by atoms with van der Waals surface area (Å²) >= 11 is 3.50. The second-order valence-corrected chi connectivity index (χ2v) is 6.55. The second-order valence-electron chi connectivity index (χ2n) is 5.64. The maximum absolute atomic E-state index is 11.7. The quantitative estimate of drug-likeness (QED) is 0.777. The van der Waals surface area contributed by atoms with Gasteiger partial charge in [0.15, 0.2) is 0 Å². The summed E-state index contributed by atoms with van der Waals surface area (Å²) in [7, 11) is 1.69. The maximum Gasteiger partial charge on any atom is 0.308 e. The SMILES string of the molecule is CCOC(=O)C1CCC(NCc2cc(Br)ccc2OC)CC1. The van der Waals surface area contributed by atoms with Crippen molar-refractivity contribution < 1.29 is 14.3 Å². The first-order chi connectivity index (χ1) is 10.6. The highest BCUT2D eigenvalue weighted by atomic mass is 79.9. The molecule has 0 aromatic heterocycles. The minimum atomic E-state index is -0.0328. The van der Waals surface area contributed by atoms with Crippen molar-refractivity contribution in [1.82, 2.24) is 5.32 Å². The Balaban J connectivity index is 1.82. The number of nitrogens with one attached hydrogen (secondary N) is 1. The number of benzene rings is 1. The van der Waals surface area contributed by atoms with Crippen molar-refractivity contribution in [3.63, 3.8) is 0 Å². The van der Waals surface area contributed by atoms with Crippen LogP contribution < -0.4 is 10.1 Å². The van der Waals surface area contributed by atoms with Gasteiger partial charge in [-0.25, -0.2) is 0 Å². The molecule has 0 amide bonds. The molecule has 1 aromatic carbocycles. The van der Waals surface area contributed by atoms with Crippen LogP contribution in [0.1, 0.15) is 38.2 Å². The Labute approximate surface area is 140 Å². The average molecular weight is 370 g/mol. The molecule has 5 heteroatoms. The molecule has 1 fully saturated rings. The molecule has 4 nitrogen and oxygen atoms in total. The van der Waals surface area contributed by atoms with E-state index in [0.717, 1.165) is 48.0 Å². The van der Waals surface area contributed by atoms with Crippen LogP contribution in [0.4, 0.5) is 0 Å². The summed E-state index contributed by atoms with van der Waals surface area (Å²) in [5, 5.41) is 3.58. The lowest BCUT2D eigenvalue weighted by Gasteiger charge is -2.28. The largest absolute Gasteiger partial charge is 0.496 e. The molecule has 0 bridgehead atoms. The molecule has 122 valence electrons. The third-order valence-electron chi connectivity index (χ3n) is 4.17. The summed E-state index contributed by atoms with van der Waals surface area (Å²) in [4.78, 5) is 11.7. The van der Waals surface area contributed by atoms with Crippen LogP contribution in [0.2, 0.25) is 0 Å². The zero-order chi connectivity index (χ0) is 15.9. The lowest BCUT2D eigenvalue weighted by Crippen LogP contribution is -2.35. The summed E-state index contributed by atoms with van der Waals surface area (Å²) in [5.74, 6) is 0.948. The Morgan fingerprint density at radius 2 is 2.05 bits per heavy atom. The van der Waals surface area contributed by atoms with Crippen LogP contribution in [0, 0.1) is 5.92 Å². The Kier molecular flexibility index (Phi) is 6.70. The number of hydrogen-bond acceptors (Lipinski definition) is 4. The molecular weight excluding hydrogens is 346 g/mol. The molecule has 1 aliphatic carbocycles. The fraction of sp³-hybridized carbons (Fsp3) is 0.588. The molecule has 2 rings (SSSR count). The summed E-state index contributed by atoms with van der Waals surface area (Å²) < 4.78 is 11.6. The predicted octanol–water partition coefficient (Wildman–Crippen LogP) is 3.67. The Hall–Kier alpha value is -1.07. The van der Waals surface area contributed by atoms with Crippen LogP contribution in [0.15, 0.2) is 22.7 Å². The highest BCUT2D eigenvalue weighted by Gasteiger charge is 2.27. The number of hydrogen-bond donors (Lipinski definition) is 1. The van der Waals surface area contributed by atoms with Gasteiger partial charge in [0.1, 0.15) is 5.75 Å². The number of ether oxygens (including phenoxy) is 2. The molecule has 1 aromatic rings. The van der Waals surface area contributed by atoms with Gasteiger partial charge in [-0.05, 0) is 50.8 Å². The molecule has 1 N–H and O–H groups in total. The van der Waals surface area contributed by atoms with Gasteiger partial charge in [-0.3, -0.25) is 4.79 Å². The first-order valence-electron chi connectivity index (χ1n) is 7.86. The van der Waals surface area contributed by atoms with E-state index in [1.54, 1.807) is 7.11 Å². The summed E-state index contributed by atoms with van der Waals surface area (Å²) in [6.07, 6.45) is 3.85. The highest BCUT2D eigenvalue weighted by Crippen LogP contribution is 2.27. The van der Waals surface area contributed by atoms with Gasteiger partial charge in [0.25, 0.3) is 0 Å². The van der Waals surface area contributed by atoms with Crippen LogP contribution in [0.25, 0.3) is 0 Å². The molecular formula is C17H24BrNO3. The molecule has 0 unspecified atom stereocenters. The number of methoxy groups -OCH3 is 1.